The van der Waals surface area contributed by atoms with Crippen LogP contribution in [0.5, 0.6) is 17.2 Å². The molecule has 2 aromatic rings. The Labute approximate surface area is 133 Å². The van der Waals surface area contributed by atoms with Gasteiger partial charge in [0.2, 0.25) is 0 Å². The van der Waals surface area contributed by atoms with Gasteiger partial charge in [0, 0.05) is 19.9 Å². The first kappa shape index (κ1) is 16.6. The lowest BCUT2D eigenvalue weighted by Gasteiger charge is -2.14. The van der Waals surface area contributed by atoms with Gasteiger partial charge >= 0.3 is 11.9 Å². The van der Waals surface area contributed by atoms with Crippen molar-refractivity contribution in [2.45, 2.75) is 20.5 Å². The Balaban J connectivity index is 2.64. The van der Waals surface area contributed by atoms with Crippen molar-refractivity contribution in [3.63, 3.8) is 0 Å². The second-order valence-electron chi connectivity index (χ2n) is 4.90. The third-order valence-electron chi connectivity index (χ3n) is 3.16. The SMILES string of the molecule is COc1cc(OC)c2c(OC(C)=O)cc(COC(C)=O)cc2c1. The van der Waals surface area contributed by atoms with Gasteiger partial charge in [-0.1, -0.05) is 0 Å². The topological polar surface area (TPSA) is 71.1 Å². The second-order valence-corrected chi connectivity index (χ2v) is 4.90. The minimum absolute atomic E-state index is 0.0824. The van der Waals surface area contributed by atoms with Gasteiger partial charge in [0.05, 0.1) is 19.6 Å². The Kier molecular flexibility index (Phi) is 5.05. The van der Waals surface area contributed by atoms with E-state index in [0.29, 0.717) is 28.2 Å². The summed E-state index contributed by atoms with van der Waals surface area (Å²) in [5, 5.41) is 1.40. The molecule has 0 aliphatic heterocycles. The number of methoxy groups -OCH3 is 2. The molecule has 0 N–H and O–H groups in total. The molecule has 0 radical (unpaired) electrons. The third-order valence-corrected chi connectivity index (χ3v) is 3.16. The summed E-state index contributed by atoms with van der Waals surface area (Å²) in [7, 11) is 3.08. The lowest BCUT2D eigenvalue weighted by Crippen LogP contribution is -2.04. The molecule has 2 aromatic carbocycles. The number of carbonyl (C=O) groups excluding carboxylic acids is 2. The van der Waals surface area contributed by atoms with Crippen molar-refractivity contribution in [1.82, 2.24) is 0 Å². The van der Waals surface area contributed by atoms with E-state index >= 15 is 0 Å². The standard InChI is InChI=1S/C17H18O6/c1-10(18)22-9-12-5-13-7-14(20-3)8-15(21-4)17(13)16(6-12)23-11(2)19/h5-8H,9H2,1-4H3. The molecule has 0 aromatic heterocycles. The lowest BCUT2D eigenvalue weighted by molar-refractivity contribution is -0.142. The molecule has 122 valence electrons. The average molecular weight is 318 g/mol. The van der Waals surface area contributed by atoms with Crippen molar-refractivity contribution in [3.05, 3.63) is 29.8 Å². The number of fused-ring (bicyclic) bond motifs is 1. The summed E-state index contributed by atoms with van der Waals surface area (Å²) in [6, 6.07) is 6.99. The zero-order chi connectivity index (χ0) is 17.0. The molecule has 0 saturated heterocycles. The molecular weight excluding hydrogens is 300 g/mol. The van der Waals surface area contributed by atoms with E-state index in [-0.39, 0.29) is 12.6 Å². The molecule has 0 atom stereocenters. The van der Waals surface area contributed by atoms with Gasteiger partial charge in [0.25, 0.3) is 0 Å². The molecule has 0 aliphatic rings. The fourth-order valence-corrected chi connectivity index (χ4v) is 2.25. The monoisotopic (exact) mass is 318 g/mol. The first-order valence-corrected chi connectivity index (χ1v) is 6.95. The van der Waals surface area contributed by atoms with Crippen LogP contribution in [-0.4, -0.2) is 26.2 Å². The van der Waals surface area contributed by atoms with Crippen LogP contribution in [-0.2, 0) is 20.9 Å². The molecule has 23 heavy (non-hydrogen) atoms. The molecule has 2 rings (SSSR count). The van der Waals surface area contributed by atoms with Crippen molar-refractivity contribution in [3.8, 4) is 17.2 Å². The summed E-state index contributed by atoms with van der Waals surface area (Å²) in [6.07, 6.45) is 0. The van der Waals surface area contributed by atoms with E-state index < -0.39 is 5.97 Å². The Morgan fingerprint density at radius 1 is 0.913 bits per heavy atom. The summed E-state index contributed by atoms with van der Waals surface area (Å²) in [4.78, 5) is 22.4. The summed E-state index contributed by atoms with van der Waals surface area (Å²) < 4.78 is 20.9. The Bertz CT molecular complexity index is 750. The molecule has 0 aliphatic carbocycles. The maximum atomic E-state index is 11.4. The largest absolute Gasteiger partial charge is 0.497 e. The van der Waals surface area contributed by atoms with Crippen LogP contribution >= 0.6 is 0 Å². The van der Waals surface area contributed by atoms with Crippen molar-refractivity contribution < 1.29 is 28.5 Å². The van der Waals surface area contributed by atoms with Gasteiger partial charge in [-0.2, -0.15) is 0 Å². The van der Waals surface area contributed by atoms with Crippen molar-refractivity contribution in [2.24, 2.45) is 0 Å². The second kappa shape index (κ2) is 7.00. The van der Waals surface area contributed by atoms with Crippen molar-refractivity contribution in [2.75, 3.05) is 14.2 Å². The highest BCUT2D eigenvalue weighted by Gasteiger charge is 2.15. The molecule has 0 saturated carbocycles. The molecular formula is C17H18O6. The molecule has 0 spiro atoms. The molecule has 6 nitrogen and oxygen atoms in total. The molecule has 0 amide bonds. The fraction of sp³-hybridized carbons (Fsp3) is 0.294. The highest BCUT2D eigenvalue weighted by atomic mass is 16.5. The maximum absolute atomic E-state index is 11.4. The van der Waals surface area contributed by atoms with E-state index in [1.807, 2.05) is 6.07 Å². The number of hydrogen-bond donors (Lipinski definition) is 0. The van der Waals surface area contributed by atoms with Crippen LogP contribution in [0.4, 0.5) is 0 Å². The Morgan fingerprint density at radius 2 is 1.65 bits per heavy atom. The Morgan fingerprint density at radius 3 is 2.22 bits per heavy atom. The summed E-state index contributed by atoms with van der Waals surface area (Å²) in [5.41, 5.74) is 0.694. The highest BCUT2D eigenvalue weighted by Crippen LogP contribution is 2.38. The average Bonchev–Trinajstić information content (AvgIpc) is 2.50. The smallest absolute Gasteiger partial charge is 0.308 e. The van der Waals surface area contributed by atoms with Crippen molar-refractivity contribution >= 4 is 22.7 Å². The van der Waals surface area contributed by atoms with E-state index in [1.54, 1.807) is 25.3 Å². The zero-order valence-corrected chi connectivity index (χ0v) is 13.5. The van der Waals surface area contributed by atoms with Gasteiger partial charge in [-0.15, -0.1) is 0 Å². The van der Waals surface area contributed by atoms with E-state index in [1.165, 1.54) is 21.0 Å². The van der Waals surface area contributed by atoms with Gasteiger partial charge in [0.1, 0.15) is 23.9 Å². The predicted octanol–water partition coefficient (Wildman–Crippen LogP) is 2.85. The Hall–Kier alpha value is -2.76. The number of ether oxygens (including phenoxy) is 4. The molecule has 6 heteroatoms. The van der Waals surface area contributed by atoms with Gasteiger partial charge in [-0.05, 0) is 29.1 Å². The van der Waals surface area contributed by atoms with Gasteiger partial charge in [-0.3, -0.25) is 9.59 Å². The number of carbonyl (C=O) groups is 2. The third kappa shape index (κ3) is 3.91. The number of hydrogen-bond acceptors (Lipinski definition) is 6. The van der Waals surface area contributed by atoms with Crippen molar-refractivity contribution in [1.29, 1.82) is 0 Å². The first-order valence-electron chi connectivity index (χ1n) is 6.95. The van der Waals surface area contributed by atoms with E-state index in [0.717, 1.165) is 5.39 Å². The van der Waals surface area contributed by atoms with E-state index in [4.69, 9.17) is 18.9 Å². The van der Waals surface area contributed by atoms with E-state index in [9.17, 15) is 9.59 Å². The highest BCUT2D eigenvalue weighted by molar-refractivity contribution is 5.97. The fourth-order valence-electron chi connectivity index (χ4n) is 2.25. The normalized spacial score (nSPS) is 10.3. The maximum Gasteiger partial charge on any atom is 0.308 e. The lowest BCUT2D eigenvalue weighted by atomic mass is 10.0. The molecule has 0 fully saturated rings. The molecule has 0 unspecified atom stereocenters. The summed E-state index contributed by atoms with van der Waals surface area (Å²) in [5.74, 6) is 0.634. The van der Waals surface area contributed by atoms with Crippen LogP contribution in [0.1, 0.15) is 19.4 Å². The van der Waals surface area contributed by atoms with Crippen LogP contribution < -0.4 is 14.2 Å². The quantitative estimate of drug-likeness (QED) is 0.623. The van der Waals surface area contributed by atoms with Gasteiger partial charge in [0.15, 0.2) is 0 Å². The van der Waals surface area contributed by atoms with Crippen LogP contribution in [0.3, 0.4) is 0 Å². The van der Waals surface area contributed by atoms with Crippen LogP contribution in [0.15, 0.2) is 24.3 Å². The first-order chi connectivity index (χ1) is 10.9. The molecule has 0 bridgehead atoms. The van der Waals surface area contributed by atoms with Crippen LogP contribution in [0, 0.1) is 0 Å². The zero-order valence-electron chi connectivity index (χ0n) is 13.5. The summed E-state index contributed by atoms with van der Waals surface area (Å²) in [6.45, 7) is 2.74. The van der Waals surface area contributed by atoms with Gasteiger partial charge in [-0.25, -0.2) is 0 Å². The number of rotatable bonds is 5. The van der Waals surface area contributed by atoms with E-state index in [2.05, 4.69) is 0 Å². The minimum atomic E-state index is -0.450. The van der Waals surface area contributed by atoms with Gasteiger partial charge < -0.3 is 18.9 Å². The minimum Gasteiger partial charge on any atom is -0.497 e. The summed E-state index contributed by atoms with van der Waals surface area (Å²) >= 11 is 0. The number of esters is 2. The predicted molar refractivity (Wildman–Crippen MR) is 83.8 cm³/mol. The van der Waals surface area contributed by atoms with Crippen LogP contribution in [0.25, 0.3) is 10.8 Å². The number of benzene rings is 2. The van der Waals surface area contributed by atoms with Crippen LogP contribution in [0.2, 0.25) is 0 Å². The molecule has 0 heterocycles.